The van der Waals surface area contributed by atoms with E-state index in [0.29, 0.717) is 25.7 Å². The number of carbonyl (C=O) groups is 4. The first-order valence-corrected chi connectivity index (χ1v) is 49.0. The molecule has 0 spiro atoms. The van der Waals surface area contributed by atoms with Gasteiger partial charge in [0.15, 0.2) is 12.2 Å². The molecule has 0 heterocycles. The molecular formula is C89H174O17P2. The van der Waals surface area contributed by atoms with Crippen molar-refractivity contribution in [2.45, 2.75) is 496 Å². The van der Waals surface area contributed by atoms with Gasteiger partial charge in [0, 0.05) is 25.7 Å². The summed E-state index contributed by atoms with van der Waals surface area (Å²) in [6, 6.07) is 0. The maximum absolute atomic E-state index is 13.2. The van der Waals surface area contributed by atoms with Crippen molar-refractivity contribution in [3.8, 4) is 0 Å². The molecule has 0 amide bonds. The largest absolute Gasteiger partial charge is 0.472 e. The molecule has 0 fully saturated rings. The van der Waals surface area contributed by atoms with E-state index in [4.69, 9.17) is 37.0 Å². The predicted octanol–water partition coefficient (Wildman–Crippen LogP) is 27.4. The molecule has 0 aliphatic carbocycles. The molecular weight excluding hydrogens is 1400 g/mol. The van der Waals surface area contributed by atoms with Crippen molar-refractivity contribution in [3.63, 3.8) is 0 Å². The molecule has 0 rings (SSSR count). The summed E-state index contributed by atoms with van der Waals surface area (Å²) in [6.07, 6.45) is 73.9. The number of rotatable bonds is 88. The van der Waals surface area contributed by atoms with Gasteiger partial charge in [0.25, 0.3) is 0 Å². The number of esters is 4. The van der Waals surface area contributed by atoms with E-state index in [-0.39, 0.29) is 25.7 Å². The third kappa shape index (κ3) is 80.7. The van der Waals surface area contributed by atoms with Crippen molar-refractivity contribution >= 4 is 39.5 Å². The SMILES string of the molecule is CCCCCCCCCCCCCCCCCCCCC(=O)O[C@H](COC(=O)CCCCCCCCC)COP(=O)(O)OC[C@H](O)COP(=O)(O)OC[C@@H](COC(=O)CCCCCCCCCCCCCCCCCCCCC(C)C)OC(=O)CCCCCCCCCCCCCCCCCCCCC(C)CC. The molecule has 0 radical (unpaired) electrons. The minimum Gasteiger partial charge on any atom is -0.462 e. The van der Waals surface area contributed by atoms with Crippen LogP contribution in [0.15, 0.2) is 0 Å². The van der Waals surface area contributed by atoms with E-state index in [2.05, 4.69) is 41.5 Å². The van der Waals surface area contributed by atoms with Crippen molar-refractivity contribution in [2.75, 3.05) is 39.6 Å². The van der Waals surface area contributed by atoms with Crippen LogP contribution in [0, 0.1) is 11.8 Å². The van der Waals surface area contributed by atoms with Gasteiger partial charge in [-0.05, 0) is 37.5 Å². The van der Waals surface area contributed by atoms with Gasteiger partial charge in [-0.25, -0.2) is 9.13 Å². The van der Waals surface area contributed by atoms with E-state index in [1.807, 2.05) is 0 Å². The predicted molar refractivity (Wildman–Crippen MR) is 446 cm³/mol. The summed E-state index contributed by atoms with van der Waals surface area (Å²) in [5.74, 6) is -0.409. The minimum absolute atomic E-state index is 0.109. The summed E-state index contributed by atoms with van der Waals surface area (Å²) in [5, 5.41) is 10.7. The van der Waals surface area contributed by atoms with E-state index < -0.39 is 97.5 Å². The minimum atomic E-state index is -4.97. The summed E-state index contributed by atoms with van der Waals surface area (Å²) in [5.41, 5.74) is 0. The lowest BCUT2D eigenvalue weighted by atomic mass is 9.99. The molecule has 0 saturated carbocycles. The molecule has 0 bridgehead atoms. The van der Waals surface area contributed by atoms with Gasteiger partial charge in [-0.15, -0.1) is 0 Å². The average Bonchev–Trinajstić information content (AvgIpc) is 0.903. The van der Waals surface area contributed by atoms with E-state index in [9.17, 15) is 43.2 Å². The fraction of sp³-hybridized carbons (Fsp3) is 0.955. The van der Waals surface area contributed by atoms with Crippen LogP contribution in [-0.2, 0) is 65.4 Å². The van der Waals surface area contributed by atoms with E-state index in [1.54, 1.807) is 0 Å². The van der Waals surface area contributed by atoms with Gasteiger partial charge in [0.2, 0.25) is 0 Å². The zero-order valence-corrected chi connectivity index (χ0v) is 73.0. The number of phosphoric acid groups is 2. The lowest BCUT2D eigenvalue weighted by molar-refractivity contribution is -0.161. The normalized spacial score (nSPS) is 14.0. The highest BCUT2D eigenvalue weighted by molar-refractivity contribution is 7.47. The fourth-order valence-electron chi connectivity index (χ4n) is 13.9. The van der Waals surface area contributed by atoms with Crippen LogP contribution in [0.5, 0.6) is 0 Å². The molecule has 0 aromatic heterocycles. The molecule has 3 unspecified atom stereocenters. The van der Waals surface area contributed by atoms with Gasteiger partial charge < -0.3 is 33.8 Å². The topological polar surface area (TPSA) is 237 Å². The molecule has 108 heavy (non-hydrogen) atoms. The fourth-order valence-corrected chi connectivity index (χ4v) is 15.5. The first-order valence-electron chi connectivity index (χ1n) is 46.0. The number of ether oxygens (including phenoxy) is 4. The Kier molecular flexibility index (Phi) is 78.8. The van der Waals surface area contributed by atoms with Crippen LogP contribution in [-0.4, -0.2) is 96.7 Å². The number of aliphatic hydroxyl groups is 1. The van der Waals surface area contributed by atoms with Gasteiger partial charge in [-0.2, -0.15) is 0 Å². The number of carbonyl (C=O) groups excluding carboxylic acids is 4. The van der Waals surface area contributed by atoms with Crippen molar-refractivity contribution in [1.29, 1.82) is 0 Å². The highest BCUT2D eigenvalue weighted by Gasteiger charge is 2.31. The van der Waals surface area contributed by atoms with Crippen LogP contribution in [0.2, 0.25) is 0 Å². The lowest BCUT2D eigenvalue weighted by Crippen LogP contribution is -2.30. The standard InChI is InChI=1S/C89H174O17P2/c1-7-10-12-14-16-17-18-19-20-21-28-34-39-44-49-55-61-67-73-88(93)105-84(77-99-86(91)71-65-59-51-15-13-11-8-2)79-103-107(95,96)101-75-83(90)76-102-108(97,98)104-80-85(78-100-87(92)72-66-60-54-48-43-38-33-29-24-22-26-31-36-41-46-52-57-63-69-81(4)5)106-89(94)74-68-62-56-50-45-40-35-30-25-23-27-32-37-42-47-53-58-64-70-82(6)9-3/h81-85,90H,7-80H2,1-6H3,(H,95,96)(H,97,98)/t82?,83-,84+,85+/m0/s1. The second-order valence-corrected chi connectivity index (χ2v) is 35.6. The van der Waals surface area contributed by atoms with E-state index >= 15 is 0 Å². The average molecular weight is 1580 g/mol. The number of hydrogen-bond donors (Lipinski definition) is 3. The van der Waals surface area contributed by atoms with Crippen LogP contribution >= 0.6 is 15.6 Å². The molecule has 0 aliphatic rings. The Balaban J connectivity index is 5.15. The Labute approximate surface area is 664 Å². The van der Waals surface area contributed by atoms with Gasteiger partial charge in [0.1, 0.15) is 19.3 Å². The summed E-state index contributed by atoms with van der Waals surface area (Å²) in [7, 11) is -9.93. The molecule has 0 saturated heterocycles. The van der Waals surface area contributed by atoms with Gasteiger partial charge >= 0.3 is 39.5 Å². The number of aliphatic hydroxyl groups excluding tert-OH is 1. The Hall–Kier alpha value is -1.94. The van der Waals surface area contributed by atoms with Crippen LogP contribution in [0.1, 0.15) is 478 Å². The molecule has 19 heteroatoms. The van der Waals surface area contributed by atoms with Crippen molar-refractivity contribution < 1.29 is 80.2 Å². The Bertz CT molecular complexity index is 2070. The second-order valence-electron chi connectivity index (χ2n) is 32.7. The van der Waals surface area contributed by atoms with Gasteiger partial charge in [-0.1, -0.05) is 427 Å². The zero-order valence-electron chi connectivity index (χ0n) is 71.2. The molecule has 3 N–H and O–H groups in total. The Morgan fingerprint density at radius 1 is 0.269 bits per heavy atom. The molecule has 0 aromatic rings. The third-order valence-corrected chi connectivity index (χ3v) is 23.2. The first-order chi connectivity index (χ1) is 52.4. The summed E-state index contributed by atoms with van der Waals surface area (Å²) in [6.45, 7) is 9.75. The first kappa shape index (κ1) is 106. The molecule has 17 nitrogen and oxygen atoms in total. The number of phosphoric ester groups is 2. The van der Waals surface area contributed by atoms with Crippen LogP contribution in [0.4, 0.5) is 0 Å². The van der Waals surface area contributed by atoms with E-state index in [0.717, 1.165) is 115 Å². The second kappa shape index (κ2) is 80.3. The highest BCUT2D eigenvalue weighted by Crippen LogP contribution is 2.45. The third-order valence-electron chi connectivity index (χ3n) is 21.3. The zero-order chi connectivity index (χ0) is 79.2. The van der Waals surface area contributed by atoms with Crippen molar-refractivity contribution in [1.82, 2.24) is 0 Å². The number of unbranched alkanes of at least 4 members (excludes halogenated alkanes) is 57. The Morgan fingerprint density at radius 2 is 0.472 bits per heavy atom. The molecule has 642 valence electrons. The summed E-state index contributed by atoms with van der Waals surface area (Å²) in [4.78, 5) is 73.1. The van der Waals surface area contributed by atoms with Gasteiger partial charge in [-0.3, -0.25) is 37.3 Å². The number of hydrogen-bond acceptors (Lipinski definition) is 15. The van der Waals surface area contributed by atoms with Crippen LogP contribution < -0.4 is 0 Å². The van der Waals surface area contributed by atoms with Crippen molar-refractivity contribution in [2.24, 2.45) is 11.8 Å². The highest BCUT2D eigenvalue weighted by atomic mass is 31.2. The van der Waals surface area contributed by atoms with E-state index in [1.165, 1.54) is 283 Å². The summed E-state index contributed by atoms with van der Waals surface area (Å²) >= 11 is 0. The summed E-state index contributed by atoms with van der Waals surface area (Å²) < 4.78 is 68.8. The van der Waals surface area contributed by atoms with Crippen molar-refractivity contribution in [3.05, 3.63) is 0 Å². The quantitative estimate of drug-likeness (QED) is 0.0222. The maximum atomic E-state index is 13.2. The maximum Gasteiger partial charge on any atom is 0.472 e. The Morgan fingerprint density at radius 3 is 0.704 bits per heavy atom. The van der Waals surface area contributed by atoms with Crippen LogP contribution in [0.3, 0.4) is 0 Å². The van der Waals surface area contributed by atoms with Crippen LogP contribution in [0.25, 0.3) is 0 Å². The lowest BCUT2D eigenvalue weighted by Gasteiger charge is -2.21. The smallest absolute Gasteiger partial charge is 0.462 e. The monoisotopic (exact) mass is 1580 g/mol. The molecule has 6 atom stereocenters. The molecule has 0 aromatic carbocycles. The molecule has 0 aliphatic heterocycles. The van der Waals surface area contributed by atoms with Gasteiger partial charge in [0.05, 0.1) is 26.4 Å².